The van der Waals surface area contributed by atoms with Crippen LogP contribution in [-0.2, 0) is 10.1 Å². The molecule has 0 aliphatic carbocycles. The SMILES string of the molecule is O=S(=O)(O)c1ccc(C#Cc2cncnc2)cc1. The summed E-state index contributed by atoms with van der Waals surface area (Å²) in [6.07, 6.45) is 4.56. The Bertz CT molecular complexity index is 698. The molecule has 0 spiro atoms. The monoisotopic (exact) mass is 260 g/mol. The Morgan fingerprint density at radius 2 is 1.50 bits per heavy atom. The Hall–Kier alpha value is -2.23. The summed E-state index contributed by atoms with van der Waals surface area (Å²) in [7, 11) is -4.15. The largest absolute Gasteiger partial charge is 0.294 e. The molecule has 0 aliphatic heterocycles. The summed E-state index contributed by atoms with van der Waals surface area (Å²) in [5.41, 5.74) is 1.29. The van der Waals surface area contributed by atoms with Gasteiger partial charge in [-0.1, -0.05) is 11.8 Å². The van der Waals surface area contributed by atoms with Crippen molar-refractivity contribution in [2.75, 3.05) is 0 Å². The minimum Gasteiger partial charge on any atom is -0.282 e. The van der Waals surface area contributed by atoms with Gasteiger partial charge in [-0.25, -0.2) is 9.97 Å². The number of aromatic nitrogens is 2. The predicted octanol–water partition coefficient (Wildman–Crippen LogP) is 1.12. The highest BCUT2D eigenvalue weighted by Gasteiger charge is 2.07. The molecule has 0 amide bonds. The second kappa shape index (κ2) is 4.96. The zero-order valence-electron chi connectivity index (χ0n) is 9.11. The molecule has 1 heterocycles. The van der Waals surface area contributed by atoms with Gasteiger partial charge in [0.25, 0.3) is 10.1 Å². The van der Waals surface area contributed by atoms with E-state index in [1.165, 1.54) is 30.6 Å². The molecule has 0 bridgehead atoms. The van der Waals surface area contributed by atoms with Crippen molar-refractivity contribution in [1.29, 1.82) is 0 Å². The van der Waals surface area contributed by atoms with E-state index in [-0.39, 0.29) is 4.90 Å². The van der Waals surface area contributed by atoms with Crippen LogP contribution < -0.4 is 0 Å². The number of rotatable bonds is 1. The quantitative estimate of drug-likeness (QED) is 0.614. The molecule has 6 heteroatoms. The Labute approximate surface area is 104 Å². The van der Waals surface area contributed by atoms with Crippen LogP contribution >= 0.6 is 0 Å². The Kier molecular flexibility index (Phi) is 3.37. The van der Waals surface area contributed by atoms with Crippen molar-refractivity contribution in [3.05, 3.63) is 54.1 Å². The number of nitrogens with zero attached hydrogens (tertiary/aromatic N) is 2. The van der Waals surface area contributed by atoms with Gasteiger partial charge in [0, 0.05) is 18.0 Å². The molecule has 1 aromatic carbocycles. The first-order valence-corrected chi connectivity index (χ1v) is 6.34. The maximum absolute atomic E-state index is 10.8. The summed E-state index contributed by atoms with van der Waals surface area (Å²) in [5.74, 6) is 5.67. The fourth-order valence-electron chi connectivity index (χ4n) is 1.22. The molecule has 5 nitrogen and oxygen atoms in total. The second-order valence-corrected chi connectivity index (χ2v) is 4.80. The van der Waals surface area contributed by atoms with Crippen LogP contribution in [0.2, 0.25) is 0 Å². The third-order valence-corrected chi connectivity index (χ3v) is 2.93. The Morgan fingerprint density at radius 1 is 0.944 bits per heavy atom. The van der Waals surface area contributed by atoms with Crippen molar-refractivity contribution in [2.45, 2.75) is 4.90 Å². The molecule has 0 atom stereocenters. The predicted molar refractivity (Wildman–Crippen MR) is 64.3 cm³/mol. The fraction of sp³-hybridized carbons (Fsp3) is 0. The lowest BCUT2D eigenvalue weighted by Gasteiger charge is -1.95. The first kappa shape index (κ1) is 12.2. The molecule has 0 radical (unpaired) electrons. The molecule has 90 valence electrons. The van der Waals surface area contributed by atoms with Crippen molar-refractivity contribution in [1.82, 2.24) is 9.97 Å². The molecule has 2 aromatic rings. The molecule has 0 saturated heterocycles. The van der Waals surface area contributed by atoms with Gasteiger partial charge >= 0.3 is 0 Å². The van der Waals surface area contributed by atoms with E-state index in [4.69, 9.17) is 4.55 Å². The minimum atomic E-state index is -4.15. The molecule has 2 rings (SSSR count). The van der Waals surface area contributed by atoms with Gasteiger partial charge in [-0.15, -0.1) is 0 Å². The summed E-state index contributed by atoms with van der Waals surface area (Å²) >= 11 is 0. The molecule has 0 saturated carbocycles. The lowest BCUT2D eigenvalue weighted by atomic mass is 10.2. The summed E-state index contributed by atoms with van der Waals surface area (Å²) in [5, 5.41) is 0. The van der Waals surface area contributed by atoms with Gasteiger partial charge in [0.15, 0.2) is 0 Å². The molecule has 1 aromatic heterocycles. The highest BCUT2D eigenvalue weighted by atomic mass is 32.2. The number of hydrogen-bond donors (Lipinski definition) is 1. The Morgan fingerprint density at radius 3 is 2.06 bits per heavy atom. The molecule has 0 unspecified atom stereocenters. The smallest absolute Gasteiger partial charge is 0.282 e. The molecular weight excluding hydrogens is 252 g/mol. The molecule has 18 heavy (non-hydrogen) atoms. The van der Waals surface area contributed by atoms with Gasteiger partial charge in [-0.05, 0) is 24.3 Å². The summed E-state index contributed by atoms with van der Waals surface area (Å²) in [6.45, 7) is 0. The van der Waals surface area contributed by atoms with E-state index in [1.807, 2.05) is 0 Å². The van der Waals surface area contributed by atoms with Crippen molar-refractivity contribution in [2.24, 2.45) is 0 Å². The van der Waals surface area contributed by atoms with Gasteiger partial charge in [0.05, 0.1) is 10.5 Å². The normalized spacial score (nSPS) is 10.5. The van der Waals surface area contributed by atoms with Crippen molar-refractivity contribution >= 4 is 10.1 Å². The van der Waals surface area contributed by atoms with E-state index in [2.05, 4.69) is 21.8 Å². The van der Waals surface area contributed by atoms with Crippen LogP contribution in [0.5, 0.6) is 0 Å². The second-order valence-electron chi connectivity index (χ2n) is 3.38. The van der Waals surface area contributed by atoms with E-state index >= 15 is 0 Å². The maximum Gasteiger partial charge on any atom is 0.294 e. The Balaban J connectivity index is 2.25. The fourth-order valence-corrected chi connectivity index (χ4v) is 1.70. The van der Waals surface area contributed by atoms with Gasteiger partial charge in [-0.2, -0.15) is 8.42 Å². The first-order valence-electron chi connectivity index (χ1n) is 4.90. The molecular formula is C12H8N2O3S. The van der Waals surface area contributed by atoms with Crippen LogP contribution in [-0.4, -0.2) is 22.9 Å². The van der Waals surface area contributed by atoms with Crippen LogP contribution in [0.4, 0.5) is 0 Å². The van der Waals surface area contributed by atoms with Gasteiger partial charge in [0.2, 0.25) is 0 Å². The third-order valence-electron chi connectivity index (χ3n) is 2.06. The zero-order chi connectivity index (χ0) is 13.0. The van der Waals surface area contributed by atoms with E-state index in [0.29, 0.717) is 11.1 Å². The van der Waals surface area contributed by atoms with Gasteiger partial charge < -0.3 is 0 Å². The highest BCUT2D eigenvalue weighted by Crippen LogP contribution is 2.09. The standard InChI is InChI=1S/C12H8N2O3S/c15-18(16,17)12-5-3-10(4-6-12)1-2-11-7-13-9-14-8-11/h3-9H,(H,15,16,17). The van der Waals surface area contributed by atoms with Crippen LogP contribution in [0.15, 0.2) is 47.9 Å². The van der Waals surface area contributed by atoms with Crippen LogP contribution in [0, 0.1) is 11.8 Å². The number of hydrogen-bond acceptors (Lipinski definition) is 4. The third kappa shape index (κ3) is 3.13. The van der Waals surface area contributed by atoms with E-state index in [9.17, 15) is 8.42 Å². The van der Waals surface area contributed by atoms with Crippen LogP contribution in [0.3, 0.4) is 0 Å². The molecule has 1 N–H and O–H groups in total. The van der Waals surface area contributed by atoms with Crippen molar-refractivity contribution in [3.8, 4) is 11.8 Å². The van der Waals surface area contributed by atoms with E-state index < -0.39 is 10.1 Å². The van der Waals surface area contributed by atoms with Crippen molar-refractivity contribution in [3.63, 3.8) is 0 Å². The topological polar surface area (TPSA) is 80.2 Å². The van der Waals surface area contributed by atoms with Crippen LogP contribution in [0.1, 0.15) is 11.1 Å². The molecule has 0 aliphatic rings. The van der Waals surface area contributed by atoms with E-state index in [1.54, 1.807) is 12.4 Å². The number of benzene rings is 1. The van der Waals surface area contributed by atoms with Crippen molar-refractivity contribution < 1.29 is 13.0 Å². The maximum atomic E-state index is 10.8. The summed E-state index contributed by atoms with van der Waals surface area (Å²) in [6, 6.07) is 5.61. The molecule has 0 fully saturated rings. The lowest BCUT2D eigenvalue weighted by Crippen LogP contribution is -1.97. The van der Waals surface area contributed by atoms with E-state index in [0.717, 1.165) is 0 Å². The minimum absolute atomic E-state index is 0.156. The van der Waals surface area contributed by atoms with Gasteiger partial charge in [-0.3, -0.25) is 4.55 Å². The average Bonchev–Trinajstić information content (AvgIpc) is 2.37. The highest BCUT2D eigenvalue weighted by molar-refractivity contribution is 7.85. The summed E-state index contributed by atoms with van der Waals surface area (Å²) in [4.78, 5) is 7.48. The van der Waals surface area contributed by atoms with Crippen LogP contribution in [0.25, 0.3) is 0 Å². The summed E-state index contributed by atoms with van der Waals surface area (Å²) < 4.78 is 30.5. The lowest BCUT2D eigenvalue weighted by molar-refractivity contribution is 0.483. The first-order chi connectivity index (χ1) is 8.55. The average molecular weight is 260 g/mol. The zero-order valence-corrected chi connectivity index (χ0v) is 9.92. The van der Waals surface area contributed by atoms with Gasteiger partial charge in [0.1, 0.15) is 6.33 Å².